The molecule has 0 spiro atoms. The van der Waals surface area contributed by atoms with Crippen LogP contribution in [0.2, 0.25) is 0 Å². The van der Waals surface area contributed by atoms with Gasteiger partial charge >= 0.3 is 12.6 Å². The Kier molecular flexibility index (Phi) is 5.65. The van der Waals surface area contributed by atoms with Gasteiger partial charge in [-0.3, -0.25) is 4.79 Å². The van der Waals surface area contributed by atoms with Gasteiger partial charge in [-0.05, 0) is 17.7 Å². The van der Waals surface area contributed by atoms with Crippen LogP contribution in [0, 0.1) is 0 Å². The van der Waals surface area contributed by atoms with E-state index in [4.69, 9.17) is 0 Å². The Balaban J connectivity index is 2.75. The van der Waals surface area contributed by atoms with Gasteiger partial charge in [0, 0.05) is 0 Å². The van der Waals surface area contributed by atoms with Gasteiger partial charge in [-0.15, -0.1) is 0 Å². The lowest BCUT2D eigenvalue weighted by atomic mass is 10.0. The number of alkyl halides is 2. The Morgan fingerprint density at radius 2 is 2.05 bits per heavy atom. The van der Waals surface area contributed by atoms with Crippen molar-refractivity contribution in [3.63, 3.8) is 0 Å². The monoisotopic (exact) mass is 276 g/mol. The van der Waals surface area contributed by atoms with Crippen LogP contribution in [-0.4, -0.2) is 36.0 Å². The van der Waals surface area contributed by atoms with E-state index in [9.17, 15) is 23.8 Å². The minimum Gasteiger partial charge on any atom is -0.469 e. The molecule has 0 aliphatic heterocycles. The highest BCUT2D eigenvalue weighted by Gasteiger charge is 2.22. The predicted molar refractivity (Wildman–Crippen MR) is 60.7 cm³/mol. The first-order chi connectivity index (χ1) is 8.93. The van der Waals surface area contributed by atoms with E-state index in [0.29, 0.717) is 0 Å². The summed E-state index contributed by atoms with van der Waals surface area (Å²) in [6.45, 7) is -2.98. The maximum Gasteiger partial charge on any atom is 0.387 e. The molecule has 19 heavy (non-hydrogen) atoms. The maximum absolute atomic E-state index is 12.0. The molecule has 0 aliphatic rings. The molecule has 1 aromatic rings. The molecule has 0 radical (unpaired) electrons. The lowest BCUT2D eigenvalue weighted by Crippen LogP contribution is -2.22. The van der Waals surface area contributed by atoms with Crippen LogP contribution in [0.1, 0.15) is 18.1 Å². The van der Waals surface area contributed by atoms with E-state index in [1.807, 2.05) is 0 Å². The fourth-order valence-corrected chi connectivity index (χ4v) is 1.46. The van der Waals surface area contributed by atoms with E-state index in [1.165, 1.54) is 18.2 Å². The van der Waals surface area contributed by atoms with E-state index in [0.717, 1.165) is 13.2 Å². The first-order valence-electron chi connectivity index (χ1n) is 5.41. The number of methoxy groups -OCH3 is 1. The first kappa shape index (κ1) is 15.3. The minimum atomic E-state index is -2.98. The standard InChI is InChI=1S/C12H14F2O5/c1-18-10(16)6-9(15)11(17)7-3-2-4-8(5-7)19-12(13)14/h2-5,9,11-12,15,17H,6H2,1H3. The Labute approximate surface area is 108 Å². The third-order valence-electron chi connectivity index (χ3n) is 2.39. The summed E-state index contributed by atoms with van der Waals surface area (Å²) in [5.41, 5.74) is 0.162. The SMILES string of the molecule is COC(=O)CC(O)C(O)c1cccc(OC(F)F)c1. The molecule has 0 aliphatic carbocycles. The quantitative estimate of drug-likeness (QED) is 0.765. The zero-order valence-corrected chi connectivity index (χ0v) is 10.1. The fraction of sp³-hybridized carbons (Fsp3) is 0.417. The molecule has 0 saturated carbocycles. The molecule has 2 N–H and O–H groups in total. The molecule has 0 amide bonds. The van der Waals surface area contributed by atoms with Crippen molar-refractivity contribution in [2.24, 2.45) is 0 Å². The molecule has 0 aromatic heterocycles. The van der Waals surface area contributed by atoms with E-state index >= 15 is 0 Å². The van der Waals surface area contributed by atoms with Gasteiger partial charge < -0.3 is 19.7 Å². The largest absolute Gasteiger partial charge is 0.469 e. The second-order valence-corrected chi connectivity index (χ2v) is 3.74. The van der Waals surface area contributed by atoms with Crippen molar-refractivity contribution in [2.75, 3.05) is 7.11 Å². The highest BCUT2D eigenvalue weighted by molar-refractivity contribution is 5.69. The number of rotatable bonds is 6. The van der Waals surface area contributed by atoms with Gasteiger partial charge in [0.2, 0.25) is 0 Å². The molecule has 0 heterocycles. The van der Waals surface area contributed by atoms with Gasteiger partial charge in [-0.1, -0.05) is 12.1 Å². The number of esters is 1. The second-order valence-electron chi connectivity index (χ2n) is 3.74. The Hall–Kier alpha value is -1.73. The lowest BCUT2D eigenvalue weighted by Gasteiger charge is -2.17. The minimum absolute atomic E-state index is 0.142. The number of aliphatic hydroxyl groups is 2. The Bertz CT molecular complexity index is 424. The maximum atomic E-state index is 12.0. The molecule has 0 saturated heterocycles. The number of halogens is 2. The van der Waals surface area contributed by atoms with Crippen LogP contribution in [-0.2, 0) is 9.53 Å². The molecular formula is C12H14F2O5. The van der Waals surface area contributed by atoms with Gasteiger partial charge in [0.1, 0.15) is 11.9 Å². The number of carbonyl (C=O) groups excluding carboxylic acids is 1. The van der Waals surface area contributed by atoms with Crippen molar-refractivity contribution in [1.82, 2.24) is 0 Å². The van der Waals surface area contributed by atoms with Crippen LogP contribution in [0.3, 0.4) is 0 Å². The molecule has 0 fully saturated rings. The average Bonchev–Trinajstić information content (AvgIpc) is 2.37. The summed E-state index contributed by atoms with van der Waals surface area (Å²) < 4.78 is 32.6. The molecule has 2 unspecified atom stereocenters. The van der Waals surface area contributed by atoms with Crippen molar-refractivity contribution < 1.29 is 33.3 Å². The lowest BCUT2D eigenvalue weighted by molar-refractivity contribution is -0.144. The highest BCUT2D eigenvalue weighted by Crippen LogP contribution is 2.24. The summed E-state index contributed by atoms with van der Waals surface area (Å²) in [4.78, 5) is 11.0. The van der Waals surface area contributed by atoms with Gasteiger partial charge in [0.05, 0.1) is 19.6 Å². The zero-order chi connectivity index (χ0) is 14.4. The van der Waals surface area contributed by atoms with Crippen molar-refractivity contribution in [3.8, 4) is 5.75 Å². The summed E-state index contributed by atoms with van der Waals surface area (Å²) in [5.74, 6) is -0.830. The summed E-state index contributed by atoms with van der Waals surface area (Å²) in [5, 5.41) is 19.4. The molecule has 106 valence electrons. The average molecular weight is 276 g/mol. The summed E-state index contributed by atoms with van der Waals surface area (Å²) in [7, 11) is 1.15. The van der Waals surface area contributed by atoms with Crippen LogP contribution in [0.5, 0.6) is 5.75 Å². The summed E-state index contributed by atoms with van der Waals surface area (Å²) in [6.07, 6.45) is -3.20. The number of hydrogen-bond donors (Lipinski definition) is 2. The van der Waals surface area contributed by atoms with Crippen LogP contribution < -0.4 is 4.74 Å². The van der Waals surface area contributed by atoms with Crippen LogP contribution in [0.15, 0.2) is 24.3 Å². The van der Waals surface area contributed by atoms with E-state index in [-0.39, 0.29) is 11.3 Å². The molecule has 0 bridgehead atoms. The molecule has 1 rings (SSSR count). The Morgan fingerprint density at radius 1 is 1.37 bits per heavy atom. The number of benzene rings is 1. The van der Waals surface area contributed by atoms with Crippen molar-refractivity contribution in [2.45, 2.75) is 25.2 Å². The number of carbonyl (C=O) groups is 1. The molecular weight excluding hydrogens is 262 g/mol. The van der Waals surface area contributed by atoms with Crippen molar-refractivity contribution in [1.29, 1.82) is 0 Å². The second kappa shape index (κ2) is 7.01. The van der Waals surface area contributed by atoms with Crippen molar-refractivity contribution in [3.05, 3.63) is 29.8 Å². The zero-order valence-electron chi connectivity index (χ0n) is 10.1. The van der Waals surface area contributed by atoms with Crippen LogP contribution in [0.25, 0.3) is 0 Å². The molecule has 7 heteroatoms. The molecule has 1 aromatic carbocycles. The topological polar surface area (TPSA) is 76.0 Å². The van der Waals surface area contributed by atoms with Gasteiger partial charge in [0.25, 0.3) is 0 Å². The predicted octanol–water partition coefficient (Wildman–Crippen LogP) is 1.25. The van der Waals surface area contributed by atoms with E-state index in [1.54, 1.807) is 0 Å². The van der Waals surface area contributed by atoms with E-state index in [2.05, 4.69) is 9.47 Å². The van der Waals surface area contributed by atoms with Crippen LogP contribution in [0.4, 0.5) is 8.78 Å². The van der Waals surface area contributed by atoms with E-state index < -0.39 is 31.2 Å². The summed E-state index contributed by atoms with van der Waals surface area (Å²) in [6, 6.07) is 5.26. The van der Waals surface area contributed by atoms with Gasteiger partial charge in [0.15, 0.2) is 0 Å². The third kappa shape index (κ3) is 4.80. The van der Waals surface area contributed by atoms with Gasteiger partial charge in [-0.25, -0.2) is 0 Å². The smallest absolute Gasteiger partial charge is 0.387 e. The highest BCUT2D eigenvalue weighted by atomic mass is 19.3. The fourth-order valence-electron chi connectivity index (χ4n) is 1.46. The number of aliphatic hydroxyl groups excluding tert-OH is 2. The van der Waals surface area contributed by atoms with Crippen LogP contribution >= 0.6 is 0 Å². The third-order valence-corrected chi connectivity index (χ3v) is 2.39. The normalized spacial score (nSPS) is 14.0. The van der Waals surface area contributed by atoms with Crippen molar-refractivity contribution >= 4 is 5.97 Å². The number of ether oxygens (including phenoxy) is 2. The first-order valence-corrected chi connectivity index (χ1v) is 5.41. The molecule has 2 atom stereocenters. The number of hydrogen-bond acceptors (Lipinski definition) is 5. The van der Waals surface area contributed by atoms with Gasteiger partial charge in [-0.2, -0.15) is 8.78 Å². The Morgan fingerprint density at radius 3 is 2.63 bits per heavy atom. The molecule has 5 nitrogen and oxygen atoms in total. The summed E-state index contributed by atoms with van der Waals surface area (Å²) >= 11 is 0.